The van der Waals surface area contributed by atoms with Crippen molar-refractivity contribution in [3.8, 4) is 0 Å². The number of aromatic amines is 1. The Kier molecular flexibility index (Phi) is 2.26. The maximum absolute atomic E-state index is 10.1. The van der Waals surface area contributed by atoms with E-state index >= 15 is 0 Å². The first-order chi connectivity index (χ1) is 4.84. The molecule has 0 saturated heterocycles. The van der Waals surface area contributed by atoms with E-state index in [2.05, 4.69) is 4.98 Å². The second-order valence-electron chi connectivity index (χ2n) is 2.43. The molecule has 0 fully saturated rings. The second kappa shape index (κ2) is 3.20. The fourth-order valence-corrected chi connectivity index (χ4v) is 0.922. The number of hydrogen-bond donors (Lipinski definition) is 1. The van der Waals surface area contributed by atoms with Crippen LogP contribution in [0.5, 0.6) is 0 Å². The van der Waals surface area contributed by atoms with E-state index in [1.54, 1.807) is 0 Å². The fourth-order valence-electron chi connectivity index (χ4n) is 0.922. The van der Waals surface area contributed by atoms with E-state index in [-0.39, 0.29) is 0 Å². The number of carbonyl (C=O) groups is 1. The molecule has 54 valence electrons. The van der Waals surface area contributed by atoms with Gasteiger partial charge in [0.1, 0.15) is 6.29 Å². The van der Waals surface area contributed by atoms with Gasteiger partial charge in [0.05, 0.1) is 0 Å². The average Bonchev–Trinajstić information content (AvgIpc) is 2.38. The quantitative estimate of drug-likeness (QED) is 0.632. The van der Waals surface area contributed by atoms with Crippen LogP contribution in [0.15, 0.2) is 18.3 Å². The normalized spacial score (nSPS) is 12.9. The van der Waals surface area contributed by atoms with Crippen LogP contribution in [-0.2, 0) is 4.79 Å². The molecule has 0 saturated carbocycles. The minimum Gasteiger partial charge on any atom is -0.365 e. The first kappa shape index (κ1) is 7.06. The summed E-state index contributed by atoms with van der Waals surface area (Å²) in [7, 11) is 0. The van der Waals surface area contributed by atoms with Gasteiger partial charge < -0.3 is 9.78 Å². The summed E-state index contributed by atoms with van der Waals surface area (Å²) >= 11 is 0. The van der Waals surface area contributed by atoms with Crippen LogP contribution in [0.3, 0.4) is 0 Å². The van der Waals surface area contributed by atoms with Gasteiger partial charge in [-0.15, -0.1) is 0 Å². The zero-order valence-electron chi connectivity index (χ0n) is 6.00. The standard InChI is InChI=1S/C8H11NO/c1-7(4-6-10)8-3-2-5-9-8/h2-3,5-7,9H,4H2,1H3. The summed E-state index contributed by atoms with van der Waals surface area (Å²) in [6.07, 6.45) is 3.42. The van der Waals surface area contributed by atoms with Gasteiger partial charge in [-0.05, 0) is 12.1 Å². The maximum Gasteiger partial charge on any atom is 0.120 e. The highest BCUT2D eigenvalue weighted by Gasteiger charge is 2.03. The lowest BCUT2D eigenvalue weighted by molar-refractivity contribution is -0.108. The van der Waals surface area contributed by atoms with Gasteiger partial charge in [-0.1, -0.05) is 6.92 Å². The van der Waals surface area contributed by atoms with E-state index in [4.69, 9.17) is 0 Å². The summed E-state index contributed by atoms with van der Waals surface area (Å²) in [5, 5.41) is 0. The van der Waals surface area contributed by atoms with Crippen LogP contribution in [0.4, 0.5) is 0 Å². The third-order valence-electron chi connectivity index (χ3n) is 1.60. The van der Waals surface area contributed by atoms with Gasteiger partial charge in [0.15, 0.2) is 0 Å². The molecule has 0 spiro atoms. The van der Waals surface area contributed by atoms with E-state index in [0.717, 1.165) is 12.0 Å². The summed E-state index contributed by atoms with van der Waals surface area (Å²) in [6.45, 7) is 2.03. The van der Waals surface area contributed by atoms with Gasteiger partial charge in [0, 0.05) is 24.2 Å². The molecule has 1 atom stereocenters. The summed E-state index contributed by atoms with van der Waals surface area (Å²) in [4.78, 5) is 13.2. The van der Waals surface area contributed by atoms with Gasteiger partial charge in [-0.25, -0.2) is 0 Å². The number of rotatable bonds is 3. The van der Waals surface area contributed by atoms with Crippen molar-refractivity contribution < 1.29 is 4.79 Å². The van der Waals surface area contributed by atoms with Crippen LogP contribution >= 0.6 is 0 Å². The van der Waals surface area contributed by atoms with Gasteiger partial charge >= 0.3 is 0 Å². The zero-order valence-corrected chi connectivity index (χ0v) is 6.00. The molecular formula is C8H11NO. The Hall–Kier alpha value is -1.05. The molecule has 2 nitrogen and oxygen atoms in total. The highest BCUT2D eigenvalue weighted by atomic mass is 16.1. The van der Waals surface area contributed by atoms with Crippen molar-refractivity contribution in [2.24, 2.45) is 0 Å². The first-order valence-corrected chi connectivity index (χ1v) is 3.41. The monoisotopic (exact) mass is 137 g/mol. The van der Waals surface area contributed by atoms with Gasteiger partial charge in [-0.2, -0.15) is 0 Å². The molecule has 10 heavy (non-hydrogen) atoms. The van der Waals surface area contributed by atoms with Gasteiger partial charge in [-0.3, -0.25) is 0 Å². The van der Waals surface area contributed by atoms with E-state index in [9.17, 15) is 4.79 Å². The second-order valence-corrected chi connectivity index (χ2v) is 2.43. The van der Waals surface area contributed by atoms with Crippen molar-refractivity contribution in [2.45, 2.75) is 19.3 Å². The van der Waals surface area contributed by atoms with Crippen molar-refractivity contribution in [3.63, 3.8) is 0 Å². The third kappa shape index (κ3) is 1.47. The van der Waals surface area contributed by atoms with Crippen molar-refractivity contribution in [1.82, 2.24) is 4.98 Å². The molecule has 1 N–H and O–H groups in total. The largest absolute Gasteiger partial charge is 0.365 e. The number of H-pyrrole nitrogens is 1. The first-order valence-electron chi connectivity index (χ1n) is 3.41. The van der Waals surface area contributed by atoms with Crippen molar-refractivity contribution in [1.29, 1.82) is 0 Å². The number of carbonyl (C=O) groups excluding carboxylic acids is 1. The molecule has 1 rings (SSSR count). The van der Waals surface area contributed by atoms with E-state index in [1.165, 1.54) is 0 Å². The van der Waals surface area contributed by atoms with E-state index < -0.39 is 0 Å². The van der Waals surface area contributed by atoms with Crippen LogP contribution in [-0.4, -0.2) is 11.3 Å². The molecule has 0 amide bonds. The summed E-state index contributed by atoms with van der Waals surface area (Å²) in [5.74, 6) is 0.326. The Bertz CT molecular complexity index is 191. The number of aldehydes is 1. The Morgan fingerprint density at radius 3 is 3.10 bits per heavy atom. The Labute approximate surface area is 60.3 Å². The number of aromatic nitrogens is 1. The molecule has 1 aromatic rings. The Morgan fingerprint density at radius 1 is 1.80 bits per heavy atom. The predicted molar refractivity (Wildman–Crippen MR) is 39.9 cm³/mol. The van der Waals surface area contributed by atoms with Gasteiger partial charge in [0.25, 0.3) is 0 Å². The lowest BCUT2D eigenvalue weighted by Gasteiger charge is -2.02. The minimum absolute atomic E-state index is 0.326. The fraction of sp³-hybridized carbons (Fsp3) is 0.375. The third-order valence-corrected chi connectivity index (χ3v) is 1.60. The molecule has 0 aliphatic carbocycles. The van der Waals surface area contributed by atoms with Crippen molar-refractivity contribution >= 4 is 6.29 Å². The van der Waals surface area contributed by atoms with Crippen LogP contribution in [0, 0.1) is 0 Å². The number of hydrogen-bond acceptors (Lipinski definition) is 1. The molecule has 0 bridgehead atoms. The minimum atomic E-state index is 0.326. The summed E-state index contributed by atoms with van der Waals surface area (Å²) < 4.78 is 0. The zero-order chi connectivity index (χ0) is 7.40. The number of nitrogens with one attached hydrogen (secondary N) is 1. The predicted octanol–water partition coefficient (Wildman–Crippen LogP) is 1.71. The topological polar surface area (TPSA) is 32.9 Å². The Balaban J connectivity index is 2.58. The van der Waals surface area contributed by atoms with Crippen LogP contribution < -0.4 is 0 Å². The summed E-state index contributed by atoms with van der Waals surface area (Å²) in [5.41, 5.74) is 1.13. The molecule has 1 aromatic heterocycles. The molecule has 0 aliphatic heterocycles. The average molecular weight is 137 g/mol. The molecule has 2 heteroatoms. The molecular weight excluding hydrogens is 126 g/mol. The van der Waals surface area contributed by atoms with Crippen LogP contribution in [0.2, 0.25) is 0 Å². The van der Waals surface area contributed by atoms with E-state index in [1.807, 2.05) is 25.3 Å². The van der Waals surface area contributed by atoms with Gasteiger partial charge in [0.2, 0.25) is 0 Å². The smallest absolute Gasteiger partial charge is 0.120 e. The van der Waals surface area contributed by atoms with Crippen molar-refractivity contribution in [3.05, 3.63) is 24.0 Å². The van der Waals surface area contributed by atoms with E-state index in [0.29, 0.717) is 12.3 Å². The lowest BCUT2D eigenvalue weighted by atomic mass is 10.1. The Morgan fingerprint density at radius 2 is 2.60 bits per heavy atom. The highest BCUT2D eigenvalue weighted by molar-refractivity contribution is 5.51. The van der Waals surface area contributed by atoms with Crippen molar-refractivity contribution in [2.75, 3.05) is 0 Å². The SMILES string of the molecule is CC(CC=O)c1ccc[nH]1. The molecule has 0 radical (unpaired) electrons. The maximum atomic E-state index is 10.1. The molecule has 1 heterocycles. The summed E-state index contributed by atoms with van der Waals surface area (Å²) in [6, 6.07) is 3.94. The molecule has 0 aliphatic rings. The highest BCUT2D eigenvalue weighted by Crippen LogP contribution is 2.14. The van der Waals surface area contributed by atoms with Crippen LogP contribution in [0.1, 0.15) is 25.0 Å². The molecule has 1 unspecified atom stereocenters. The van der Waals surface area contributed by atoms with Crippen LogP contribution in [0.25, 0.3) is 0 Å². The lowest BCUT2D eigenvalue weighted by Crippen LogP contribution is -1.93. The molecule has 0 aromatic carbocycles.